The summed E-state index contributed by atoms with van der Waals surface area (Å²) in [5.74, 6) is 0.0753. The molecule has 0 spiro atoms. The molecule has 0 aliphatic rings. The van der Waals surface area contributed by atoms with Gasteiger partial charge in [-0.2, -0.15) is 0 Å². The molecular weight excluding hydrogens is 258 g/mol. The monoisotopic (exact) mass is 281 g/mol. The highest BCUT2D eigenvalue weighted by Gasteiger charge is 2.12. The molecule has 1 atom stereocenters. The second-order valence-corrected chi connectivity index (χ2v) is 5.60. The Bertz CT molecular complexity index is 584. The van der Waals surface area contributed by atoms with Gasteiger partial charge in [-0.25, -0.2) is 0 Å². The van der Waals surface area contributed by atoms with Crippen molar-refractivity contribution in [1.29, 1.82) is 0 Å². The Kier molecular flexibility index (Phi) is 5.15. The van der Waals surface area contributed by atoms with Gasteiger partial charge in [-0.05, 0) is 31.4 Å². The Morgan fingerprint density at radius 2 is 1.48 bits per heavy atom. The predicted molar refractivity (Wildman–Crippen MR) is 87.2 cm³/mol. The Morgan fingerprint density at radius 1 is 0.952 bits per heavy atom. The average Bonchev–Trinajstić information content (AvgIpc) is 2.48. The van der Waals surface area contributed by atoms with Crippen molar-refractivity contribution >= 4 is 5.91 Å². The molecule has 0 fully saturated rings. The molecule has 110 valence electrons. The summed E-state index contributed by atoms with van der Waals surface area (Å²) in [6, 6.07) is 16.6. The fourth-order valence-electron chi connectivity index (χ4n) is 2.36. The molecule has 1 N–H and O–H groups in total. The first-order valence-corrected chi connectivity index (χ1v) is 7.50. The summed E-state index contributed by atoms with van der Waals surface area (Å²) >= 11 is 0. The topological polar surface area (TPSA) is 29.1 Å². The lowest BCUT2D eigenvalue weighted by molar-refractivity contribution is -0.121. The van der Waals surface area contributed by atoms with Crippen molar-refractivity contribution in [1.82, 2.24) is 5.32 Å². The third-order valence-electron chi connectivity index (χ3n) is 3.71. The highest BCUT2D eigenvalue weighted by molar-refractivity contribution is 5.79. The third-order valence-corrected chi connectivity index (χ3v) is 3.71. The van der Waals surface area contributed by atoms with Gasteiger partial charge in [0.05, 0.1) is 12.5 Å². The minimum Gasteiger partial charge on any atom is -0.349 e. The van der Waals surface area contributed by atoms with Gasteiger partial charge in [-0.15, -0.1) is 0 Å². The quantitative estimate of drug-likeness (QED) is 0.878. The van der Waals surface area contributed by atoms with Crippen LogP contribution >= 0.6 is 0 Å². The number of aryl methyl sites for hydroxylation is 2. The van der Waals surface area contributed by atoms with Crippen molar-refractivity contribution in [2.45, 2.75) is 39.7 Å². The number of rotatable bonds is 5. The fourth-order valence-corrected chi connectivity index (χ4v) is 2.36. The average molecular weight is 281 g/mol. The molecule has 0 heterocycles. The number of carbonyl (C=O) groups excluding carboxylic acids is 1. The van der Waals surface area contributed by atoms with Crippen LogP contribution in [0.1, 0.15) is 41.6 Å². The molecule has 0 bridgehead atoms. The van der Waals surface area contributed by atoms with Gasteiger partial charge in [0.2, 0.25) is 5.91 Å². The molecule has 1 amide bonds. The van der Waals surface area contributed by atoms with Crippen LogP contribution in [0.2, 0.25) is 0 Å². The van der Waals surface area contributed by atoms with E-state index in [0.717, 1.165) is 12.0 Å². The van der Waals surface area contributed by atoms with Crippen molar-refractivity contribution in [3.05, 3.63) is 70.8 Å². The van der Waals surface area contributed by atoms with E-state index in [1.807, 2.05) is 31.2 Å². The Balaban J connectivity index is 1.99. The van der Waals surface area contributed by atoms with E-state index in [9.17, 15) is 4.79 Å². The summed E-state index contributed by atoms with van der Waals surface area (Å²) in [5, 5.41) is 3.13. The van der Waals surface area contributed by atoms with Crippen LogP contribution in [0.15, 0.2) is 48.5 Å². The summed E-state index contributed by atoms with van der Waals surface area (Å²) in [6.07, 6.45) is 1.32. The van der Waals surface area contributed by atoms with Crippen LogP contribution in [-0.2, 0) is 11.2 Å². The lowest BCUT2D eigenvalue weighted by Gasteiger charge is -2.18. The van der Waals surface area contributed by atoms with Crippen molar-refractivity contribution in [3.8, 4) is 0 Å². The molecular formula is C19H23NO. The molecule has 2 rings (SSSR count). The van der Waals surface area contributed by atoms with Crippen LogP contribution in [0.4, 0.5) is 0 Å². The molecule has 2 nitrogen and oxygen atoms in total. The van der Waals surface area contributed by atoms with Gasteiger partial charge in [-0.1, -0.05) is 66.6 Å². The van der Waals surface area contributed by atoms with Crippen molar-refractivity contribution in [3.63, 3.8) is 0 Å². The standard InChI is InChI=1S/C19H23NO/c1-4-18(17-11-7-15(3)8-12-17)20-19(21)13-16-9-5-14(2)6-10-16/h5-12,18H,4,13H2,1-3H3,(H,20,21)/t18-/m0/s1. The molecule has 2 aromatic carbocycles. The normalized spacial score (nSPS) is 12.0. The number of amides is 1. The molecule has 2 heteroatoms. The summed E-state index contributed by atoms with van der Waals surface area (Å²) in [5.41, 5.74) is 4.67. The zero-order valence-electron chi connectivity index (χ0n) is 13.0. The molecule has 0 unspecified atom stereocenters. The molecule has 0 radical (unpaired) electrons. The van der Waals surface area contributed by atoms with E-state index in [1.54, 1.807) is 0 Å². The van der Waals surface area contributed by atoms with E-state index >= 15 is 0 Å². The van der Waals surface area contributed by atoms with Gasteiger partial charge >= 0.3 is 0 Å². The van der Waals surface area contributed by atoms with E-state index in [0.29, 0.717) is 6.42 Å². The summed E-state index contributed by atoms with van der Waals surface area (Å²) < 4.78 is 0. The van der Waals surface area contributed by atoms with Crippen LogP contribution in [0.25, 0.3) is 0 Å². The molecule has 0 saturated heterocycles. The smallest absolute Gasteiger partial charge is 0.224 e. The summed E-state index contributed by atoms with van der Waals surface area (Å²) in [7, 11) is 0. The van der Waals surface area contributed by atoms with Crippen LogP contribution in [-0.4, -0.2) is 5.91 Å². The first-order valence-electron chi connectivity index (χ1n) is 7.50. The highest BCUT2D eigenvalue weighted by atomic mass is 16.1. The number of hydrogen-bond acceptors (Lipinski definition) is 1. The van der Waals surface area contributed by atoms with E-state index in [2.05, 4.69) is 43.4 Å². The Labute approximate surface area is 127 Å². The minimum atomic E-state index is 0.0753. The van der Waals surface area contributed by atoms with E-state index < -0.39 is 0 Å². The second-order valence-electron chi connectivity index (χ2n) is 5.60. The molecule has 0 aliphatic heterocycles. The number of hydrogen-bond donors (Lipinski definition) is 1. The molecule has 21 heavy (non-hydrogen) atoms. The first kappa shape index (κ1) is 15.3. The van der Waals surface area contributed by atoms with Gasteiger partial charge in [-0.3, -0.25) is 4.79 Å². The van der Waals surface area contributed by atoms with E-state index in [1.165, 1.54) is 16.7 Å². The molecule has 2 aromatic rings. The summed E-state index contributed by atoms with van der Waals surface area (Å²) in [4.78, 5) is 12.2. The summed E-state index contributed by atoms with van der Waals surface area (Å²) in [6.45, 7) is 6.21. The van der Waals surface area contributed by atoms with Crippen LogP contribution in [0.5, 0.6) is 0 Å². The lowest BCUT2D eigenvalue weighted by Crippen LogP contribution is -2.29. The van der Waals surface area contributed by atoms with E-state index in [-0.39, 0.29) is 11.9 Å². The maximum absolute atomic E-state index is 12.2. The number of nitrogens with one attached hydrogen (secondary N) is 1. The van der Waals surface area contributed by atoms with Crippen molar-refractivity contribution in [2.75, 3.05) is 0 Å². The Morgan fingerprint density at radius 3 is 2.00 bits per heavy atom. The van der Waals surface area contributed by atoms with Gasteiger partial charge in [0.25, 0.3) is 0 Å². The largest absolute Gasteiger partial charge is 0.349 e. The predicted octanol–water partition coefficient (Wildman–Crippen LogP) is 4.11. The lowest BCUT2D eigenvalue weighted by atomic mass is 10.0. The zero-order valence-corrected chi connectivity index (χ0v) is 13.0. The fraction of sp³-hybridized carbons (Fsp3) is 0.316. The van der Waals surface area contributed by atoms with Crippen molar-refractivity contribution in [2.24, 2.45) is 0 Å². The first-order chi connectivity index (χ1) is 10.1. The highest BCUT2D eigenvalue weighted by Crippen LogP contribution is 2.17. The maximum atomic E-state index is 12.2. The SMILES string of the molecule is CC[C@H](NC(=O)Cc1ccc(C)cc1)c1ccc(C)cc1. The maximum Gasteiger partial charge on any atom is 0.224 e. The number of carbonyl (C=O) groups is 1. The van der Waals surface area contributed by atoms with Crippen LogP contribution in [0.3, 0.4) is 0 Å². The third kappa shape index (κ3) is 4.45. The van der Waals surface area contributed by atoms with Gasteiger partial charge in [0.1, 0.15) is 0 Å². The molecule has 0 saturated carbocycles. The van der Waals surface area contributed by atoms with Gasteiger partial charge < -0.3 is 5.32 Å². The number of benzene rings is 2. The Hall–Kier alpha value is -2.09. The zero-order chi connectivity index (χ0) is 15.2. The molecule has 0 aliphatic carbocycles. The van der Waals surface area contributed by atoms with Crippen LogP contribution < -0.4 is 5.32 Å². The van der Waals surface area contributed by atoms with Crippen LogP contribution in [0, 0.1) is 13.8 Å². The van der Waals surface area contributed by atoms with Gasteiger partial charge in [0, 0.05) is 0 Å². The second kappa shape index (κ2) is 7.07. The minimum absolute atomic E-state index is 0.0753. The molecule has 0 aromatic heterocycles. The van der Waals surface area contributed by atoms with E-state index in [4.69, 9.17) is 0 Å². The van der Waals surface area contributed by atoms with Gasteiger partial charge in [0.15, 0.2) is 0 Å². The van der Waals surface area contributed by atoms with Crippen molar-refractivity contribution < 1.29 is 4.79 Å².